The van der Waals surface area contributed by atoms with Gasteiger partial charge in [0.1, 0.15) is 0 Å². The summed E-state index contributed by atoms with van der Waals surface area (Å²) in [6.45, 7) is 5.88. The largest absolute Gasteiger partial charge is 0.465 e. The normalized spacial score (nSPS) is 12.4. The Labute approximate surface area is 276 Å². The van der Waals surface area contributed by atoms with Crippen LogP contribution in [0.4, 0.5) is 0 Å². The molecule has 0 aromatic heterocycles. The molecule has 3 nitrogen and oxygen atoms in total. The van der Waals surface area contributed by atoms with Gasteiger partial charge in [0.15, 0.2) is 0 Å². The smallest absolute Gasteiger partial charge is 0.307 e. The van der Waals surface area contributed by atoms with Gasteiger partial charge in [-0.25, -0.2) is 0 Å². The Morgan fingerprint density at radius 2 is 0.932 bits per heavy atom. The molecule has 256 valence electrons. The molecule has 0 saturated heterocycles. The van der Waals surface area contributed by atoms with E-state index in [0.717, 1.165) is 19.4 Å². The first-order valence-corrected chi connectivity index (χ1v) is 19.0. The fourth-order valence-corrected chi connectivity index (χ4v) is 5.37. The van der Waals surface area contributed by atoms with Crippen molar-refractivity contribution in [3.8, 4) is 0 Å². The zero-order chi connectivity index (χ0) is 32.2. The summed E-state index contributed by atoms with van der Waals surface area (Å²) >= 11 is 0. The summed E-state index contributed by atoms with van der Waals surface area (Å²) in [6.07, 6.45) is 49.6. The number of carbonyl (C=O) groups excluding carboxylic acids is 1. The first-order valence-electron chi connectivity index (χ1n) is 19.0. The van der Waals surface area contributed by atoms with E-state index in [9.17, 15) is 4.79 Å². The zero-order valence-corrected chi connectivity index (χ0v) is 30.1. The lowest BCUT2D eigenvalue weighted by molar-refractivity contribution is -0.145. The van der Waals surface area contributed by atoms with E-state index in [4.69, 9.17) is 4.74 Å². The molecule has 0 aromatic carbocycles. The molecule has 3 heteroatoms. The molecule has 0 radical (unpaired) electrons. The zero-order valence-electron chi connectivity index (χ0n) is 30.1. The molecule has 0 rings (SSSR count). The molecule has 0 aliphatic rings. The van der Waals surface area contributed by atoms with Crippen LogP contribution in [0.3, 0.4) is 0 Å². The lowest BCUT2D eigenvalue weighted by Crippen LogP contribution is -2.20. The van der Waals surface area contributed by atoms with E-state index in [1.165, 1.54) is 141 Å². The predicted molar refractivity (Wildman–Crippen MR) is 196 cm³/mol. The average Bonchev–Trinajstić information content (AvgIpc) is 3.02. The first-order chi connectivity index (χ1) is 21.6. The first kappa shape index (κ1) is 42.4. The van der Waals surface area contributed by atoms with Crippen molar-refractivity contribution in [3.05, 3.63) is 48.6 Å². The predicted octanol–water partition coefficient (Wildman–Crippen LogP) is 12.7. The van der Waals surface area contributed by atoms with E-state index < -0.39 is 0 Å². The Bertz CT molecular complexity index is 659. The number of hydrogen-bond donors (Lipinski definition) is 0. The summed E-state index contributed by atoms with van der Waals surface area (Å²) in [5, 5.41) is 0. The van der Waals surface area contributed by atoms with Gasteiger partial charge < -0.3 is 9.64 Å². The average molecular weight is 614 g/mol. The molecular formula is C41H75NO2. The highest BCUT2D eigenvalue weighted by Gasteiger charge is 2.12. The highest BCUT2D eigenvalue weighted by Crippen LogP contribution is 2.20. The van der Waals surface area contributed by atoms with Gasteiger partial charge in [-0.05, 0) is 84.2 Å². The summed E-state index contributed by atoms with van der Waals surface area (Å²) in [4.78, 5) is 14.3. The quantitative estimate of drug-likeness (QED) is 0.0419. The van der Waals surface area contributed by atoms with Crippen LogP contribution in [-0.2, 0) is 9.53 Å². The van der Waals surface area contributed by atoms with Gasteiger partial charge in [-0.1, -0.05) is 152 Å². The van der Waals surface area contributed by atoms with Crippen LogP contribution < -0.4 is 0 Å². The van der Waals surface area contributed by atoms with E-state index in [1.807, 2.05) is 19.0 Å². The van der Waals surface area contributed by atoms with Gasteiger partial charge in [0.25, 0.3) is 0 Å². The third kappa shape index (κ3) is 34.9. The number of allylic oxidation sites excluding steroid dienone is 8. The fourth-order valence-electron chi connectivity index (χ4n) is 5.37. The van der Waals surface area contributed by atoms with Gasteiger partial charge >= 0.3 is 5.97 Å². The highest BCUT2D eigenvalue weighted by atomic mass is 16.5. The number of carbonyl (C=O) groups is 1. The molecule has 0 amide bonds. The minimum atomic E-state index is -0.0353. The van der Waals surface area contributed by atoms with Crippen LogP contribution in [0.2, 0.25) is 0 Å². The molecule has 0 bridgehead atoms. The van der Waals surface area contributed by atoms with E-state index in [1.54, 1.807) is 0 Å². The van der Waals surface area contributed by atoms with Crippen molar-refractivity contribution in [2.45, 2.75) is 174 Å². The fraction of sp³-hybridized carbons (Fsp3) is 0.780. The topological polar surface area (TPSA) is 29.5 Å². The Morgan fingerprint density at radius 1 is 0.545 bits per heavy atom. The van der Waals surface area contributed by atoms with Crippen LogP contribution in [-0.4, -0.2) is 38.1 Å². The van der Waals surface area contributed by atoms with E-state index in [-0.39, 0.29) is 5.97 Å². The molecule has 0 fully saturated rings. The van der Waals surface area contributed by atoms with E-state index >= 15 is 0 Å². The maximum absolute atomic E-state index is 12.2. The Balaban J connectivity index is 4.01. The lowest BCUT2D eigenvalue weighted by atomic mass is 9.94. The standard InChI is InChI=1S/C41H75NO2/c1-5-7-9-11-13-15-17-19-21-23-25-27-29-31-33-35-40(39-44-41(43)37-38-42(3)4)36-34-32-30-28-26-24-22-20-18-16-14-12-10-8-6-2/h11-14,17-20,40H,5-10,15-16,21-39H2,1-4H3/b13-11-,14-12-,19-17-,20-18-. The van der Waals surface area contributed by atoms with Crippen molar-refractivity contribution >= 4 is 5.97 Å². The molecule has 0 aliphatic heterocycles. The molecule has 0 aliphatic carbocycles. The van der Waals surface area contributed by atoms with E-state index in [0.29, 0.717) is 18.9 Å². The van der Waals surface area contributed by atoms with Crippen LogP contribution in [0.5, 0.6) is 0 Å². The lowest BCUT2D eigenvalue weighted by Gasteiger charge is -2.18. The van der Waals surface area contributed by atoms with Crippen molar-refractivity contribution in [2.24, 2.45) is 5.92 Å². The summed E-state index contributed by atoms with van der Waals surface area (Å²) in [5.74, 6) is 0.493. The number of esters is 1. The van der Waals surface area contributed by atoms with Crippen molar-refractivity contribution in [2.75, 3.05) is 27.2 Å². The monoisotopic (exact) mass is 614 g/mol. The minimum Gasteiger partial charge on any atom is -0.465 e. The van der Waals surface area contributed by atoms with Crippen LogP contribution in [0.1, 0.15) is 174 Å². The Hall–Kier alpha value is -1.61. The second kappa shape index (κ2) is 35.9. The molecule has 0 spiro atoms. The molecule has 44 heavy (non-hydrogen) atoms. The summed E-state index contributed by atoms with van der Waals surface area (Å²) in [5.41, 5.74) is 0. The van der Waals surface area contributed by atoms with Gasteiger partial charge in [0.05, 0.1) is 13.0 Å². The maximum atomic E-state index is 12.2. The van der Waals surface area contributed by atoms with Crippen LogP contribution >= 0.6 is 0 Å². The van der Waals surface area contributed by atoms with Crippen molar-refractivity contribution < 1.29 is 9.53 Å². The van der Waals surface area contributed by atoms with Crippen LogP contribution in [0, 0.1) is 5.92 Å². The van der Waals surface area contributed by atoms with Crippen LogP contribution in [0.25, 0.3) is 0 Å². The minimum absolute atomic E-state index is 0.0353. The van der Waals surface area contributed by atoms with Crippen molar-refractivity contribution in [3.63, 3.8) is 0 Å². The van der Waals surface area contributed by atoms with Crippen molar-refractivity contribution in [1.82, 2.24) is 4.90 Å². The molecule has 0 unspecified atom stereocenters. The number of hydrogen-bond acceptors (Lipinski definition) is 3. The van der Waals surface area contributed by atoms with Gasteiger partial charge in [-0.15, -0.1) is 0 Å². The summed E-state index contributed by atoms with van der Waals surface area (Å²) < 4.78 is 5.72. The van der Waals surface area contributed by atoms with Gasteiger partial charge in [0, 0.05) is 6.54 Å². The molecule has 0 N–H and O–H groups in total. The molecule has 0 aromatic rings. The summed E-state index contributed by atoms with van der Waals surface area (Å²) in [6, 6.07) is 0. The molecule has 0 atom stereocenters. The molecule has 0 heterocycles. The Morgan fingerprint density at radius 3 is 1.34 bits per heavy atom. The SMILES string of the molecule is CCCC/C=C\C/C=C\CCCCCCCCC(CCCCCCCC/C=C\C/C=C\CCCC)COC(=O)CCN(C)C. The number of nitrogens with zero attached hydrogens (tertiary/aromatic N) is 1. The Kier molecular flexibility index (Phi) is 34.6. The molecular weight excluding hydrogens is 538 g/mol. The van der Waals surface area contributed by atoms with E-state index in [2.05, 4.69) is 62.5 Å². The third-order valence-corrected chi connectivity index (χ3v) is 8.37. The maximum Gasteiger partial charge on any atom is 0.307 e. The van der Waals surface area contributed by atoms with Gasteiger partial charge in [-0.3, -0.25) is 4.79 Å². The number of rotatable bonds is 33. The van der Waals surface area contributed by atoms with Crippen molar-refractivity contribution in [1.29, 1.82) is 0 Å². The second-order valence-electron chi connectivity index (χ2n) is 13.1. The highest BCUT2D eigenvalue weighted by molar-refractivity contribution is 5.69. The number of ether oxygens (including phenoxy) is 1. The summed E-state index contributed by atoms with van der Waals surface area (Å²) in [7, 11) is 4.01. The second-order valence-corrected chi connectivity index (χ2v) is 13.1. The third-order valence-electron chi connectivity index (χ3n) is 8.37. The van der Waals surface area contributed by atoms with Gasteiger partial charge in [-0.2, -0.15) is 0 Å². The number of unbranched alkanes of at least 4 members (excludes halogenated alkanes) is 16. The van der Waals surface area contributed by atoms with Crippen LogP contribution in [0.15, 0.2) is 48.6 Å². The van der Waals surface area contributed by atoms with Gasteiger partial charge in [0.2, 0.25) is 0 Å². The molecule has 0 saturated carbocycles.